The summed E-state index contributed by atoms with van der Waals surface area (Å²) in [6, 6.07) is 0. The summed E-state index contributed by atoms with van der Waals surface area (Å²) in [4.78, 5) is 39.0. The first-order chi connectivity index (χ1) is 22.1. The van der Waals surface area contributed by atoms with Gasteiger partial charge < -0.3 is 29.5 Å². The third kappa shape index (κ3) is 5.13. The quantitative estimate of drug-likeness (QED) is 0.182. The number of allylic oxidation sites excluding steroid dienone is 1. The lowest BCUT2D eigenvalue weighted by Gasteiger charge is -2.73. The molecule has 12 atom stereocenters. The highest BCUT2D eigenvalue weighted by Gasteiger charge is 2.77. The van der Waals surface area contributed by atoms with Gasteiger partial charge in [0.05, 0.1) is 18.1 Å². The molecule has 0 aromatic carbocycles. The number of hydrogen-bond donors (Lipinski definition) is 3. The number of carbonyl (C=O) groups is 3. The first kappa shape index (κ1) is 37.3. The summed E-state index contributed by atoms with van der Waals surface area (Å²) in [6.07, 6.45) is 1.98. The molecule has 0 saturated heterocycles. The van der Waals surface area contributed by atoms with Gasteiger partial charge in [0.1, 0.15) is 18.3 Å². The van der Waals surface area contributed by atoms with Gasteiger partial charge in [0.15, 0.2) is 6.10 Å². The molecule has 3 N–H and O–H groups in total. The summed E-state index contributed by atoms with van der Waals surface area (Å²) in [5.74, 6) is -1.53. The maximum atomic E-state index is 13.2. The van der Waals surface area contributed by atoms with Crippen LogP contribution in [0.2, 0.25) is 0 Å². The Kier molecular flexibility index (Phi) is 9.38. The largest absolute Gasteiger partial charge is 0.459 e. The van der Waals surface area contributed by atoms with Crippen LogP contribution in [-0.2, 0) is 28.6 Å². The summed E-state index contributed by atoms with van der Waals surface area (Å²) in [6.45, 7) is 21.1. The maximum Gasteiger partial charge on any atom is 0.306 e. The Bertz CT molecular complexity index is 1330. The molecule has 0 unspecified atom stereocenters. The van der Waals surface area contributed by atoms with E-state index in [2.05, 4.69) is 40.7 Å². The highest BCUT2D eigenvalue weighted by molar-refractivity contribution is 5.70. The van der Waals surface area contributed by atoms with Gasteiger partial charge >= 0.3 is 17.9 Å². The summed E-state index contributed by atoms with van der Waals surface area (Å²) in [7, 11) is 0. The molecule has 9 heteroatoms. The molecule has 0 amide bonds. The van der Waals surface area contributed by atoms with Crippen LogP contribution in [-0.4, -0.2) is 70.4 Å². The van der Waals surface area contributed by atoms with Crippen molar-refractivity contribution in [2.24, 2.45) is 56.2 Å². The van der Waals surface area contributed by atoms with Crippen molar-refractivity contribution in [3.05, 3.63) is 11.6 Å². The zero-order valence-electron chi connectivity index (χ0n) is 31.2. The predicted molar refractivity (Wildman–Crippen MR) is 180 cm³/mol. The van der Waals surface area contributed by atoms with E-state index in [1.54, 1.807) is 0 Å². The minimum Gasteiger partial charge on any atom is -0.459 e. The Morgan fingerprint density at radius 3 is 2.02 bits per heavy atom. The maximum absolute atomic E-state index is 13.2. The highest BCUT2D eigenvalue weighted by Crippen LogP contribution is 2.76. The third-order valence-corrected chi connectivity index (χ3v) is 14.8. The molecular formula is C39H62O9. The lowest BCUT2D eigenvalue weighted by molar-refractivity contribution is -0.295. The topological polar surface area (TPSA) is 140 Å². The van der Waals surface area contributed by atoms with Crippen LogP contribution in [0.1, 0.15) is 121 Å². The molecule has 0 bridgehead atoms. The van der Waals surface area contributed by atoms with E-state index in [1.165, 1.54) is 13.8 Å². The molecule has 5 aliphatic rings. The number of fused-ring (bicyclic) bond motifs is 7. The standard InChI is InChI=1S/C39H62O9/c1-21(2)18-29(44)48-32-33(47-23(4)42)39(20-40)25(19-34(32,5)6)24-12-13-27-36(9)16-15-28(43)35(7,8)26(36)14-17-37(27,10)38(24,11)31(30(39)45)46-22(3)41/h12,21,25-28,30-33,40,43,45H,13-20H2,1-11H3/t25-,26-,27+,28-,30+,31-,32-,33-,36-,37+,38-,39-/m0/s1. The Labute approximate surface area is 287 Å². The molecule has 0 aromatic rings. The van der Waals surface area contributed by atoms with Crippen molar-refractivity contribution < 1.29 is 43.9 Å². The summed E-state index contributed by atoms with van der Waals surface area (Å²) >= 11 is 0. The molecule has 4 saturated carbocycles. The fourth-order valence-corrected chi connectivity index (χ4v) is 12.3. The molecule has 4 fully saturated rings. The SMILES string of the molecule is CC(=O)O[C@H]1[C@H](OC(=O)CC(C)C)C(C)(C)C[C@H]2C3=CC[C@@H]4[C@@]5(C)CC[C@H](O)C(C)(C)[C@@H]5CC[C@@]4(C)[C@]3(C)[C@@H](OC(C)=O)[C@@H](O)[C@]21CO. The summed E-state index contributed by atoms with van der Waals surface area (Å²) in [5.41, 5.74) is -2.77. The second-order valence-electron chi connectivity index (χ2n) is 18.6. The number of rotatable bonds is 6. The molecule has 0 radical (unpaired) electrons. The monoisotopic (exact) mass is 674 g/mol. The van der Waals surface area contributed by atoms with Gasteiger partial charge in [0, 0.05) is 31.1 Å². The van der Waals surface area contributed by atoms with Gasteiger partial charge in [-0.2, -0.15) is 0 Å². The van der Waals surface area contributed by atoms with E-state index in [9.17, 15) is 29.7 Å². The molecule has 5 aliphatic carbocycles. The van der Waals surface area contributed by atoms with Crippen LogP contribution >= 0.6 is 0 Å². The van der Waals surface area contributed by atoms with E-state index in [0.29, 0.717) is 12.3 Å². The van der Waals surface area contributed by atoms with E-state index in [0.717, 1.165) is 37.7 Å². The van der Waals surface area contributed by atoms with Gasteiger partial charge in [-0.05, 0) is 78.4 Å². The van der Waals surface area contributed by atoms with Crippen molar-refractivity contribution in [1.29, 1.82) is 0 Å². The van der Waals surface area contributed by atoms with Gasteiger partial charge in [-0.3, -0.25) is 14.4 Å². The molecule has 5 rings (SSSR count). The Morgan fingerprint density at radius 1 is 0.854 bits per heavy atom. The second kappa shape index (κ2) is 12.1. The Hall–Kier alpha value is -1.97. The Morgan fingerprint density at radius 2 is 1.46 bits per heavy atom. The third-order valence-electron chi connectivity index (χ3n) is 14.8. The fraction of sp³-hybridized carbons (Fsp3) is 0.872. The van der Waals surface area contributed by atoms with Crippen LogP contribution in [0.3, 0.4) is 0 Å². The van der Waals surface area contributed by atoms with Gasteiger partial charge in [-0.25, -0.2) is 0 Å². The first-order valence-electron chi connectivity index (χ1n) is 18.3. The molecule has 272 valence electrons. The average Bonchev–Trinajstić information content (AvgIpc) is 2.95. The van der Waals surface area contributed by atoms with Crippen molar-refractivity contribution in [2.45, 2.75) is 152 Å². The minimum absolute atomic E-state index is 0.0429. The van der Waals surface area contributed by atoms with E-state index < -0.39 is 76.5 Å². The number of carbonyl (C=O) groups excluding carboxylic acids is 3. The first-order valence-corrected chi connectivity index (χ1v) is 18.3. The number of ether oxygens (including phenoxy) is 3. The van der Waals surface area contributed by atoms with E-state index in [1.807, 2.05) is 27.7 Å². The highest BCUT2D eigenvalue weighted by atomic mass is 16.6. The van der Waals surface area contributed by atoms with Crippen molar-refractivity contribution in [3.8, 4) is 0 Å². The van der Waals surface area contributed by atoms with E-state index in [-0.39, 0.29) is 35.2 Å². The number of aliphatic hydroxyl groups is 3. The zero-order valence-corrected chi connectivity index (χ0v) is 31.2. The summed E-state index contributed by atoms with van der Waals surface area (Å²) < 4.78 is 18.5. The lowest BCUT2D eigenvalue weighted by atomic mass is 9.32. The zero-order chi connectivity index (χ0) is 36.0. The molecule has 0 aliphatic heterocycles. The molecule has 0 spiro atoms. The fourth-order valence-electron chi connectivity index (χ4n) is 12.3. The normalized spacial score (nSPS) is 45.8. The predicted octanol–water partition coefficient (Wildman–Crippen LogP) is 5.76. The van der Waals surface area contributed by atoms with Crippen LogP contribution in [0.25, 0.3) is 0 Å². The van der Waals surface area contributed by atoms with E-state index >= 15 is 0 Å². The van der Waals surface area contributed by atoms with Crippen LogP contribution in [0.5, 0.6) is 0 Å². The van der Waals surface area contributed by atoms with Crippen LogP contribution in [0.4, 0.5) is 0 Å². The van der Waals surface area contributed by atoms with Gasteiger partial charge in [-0.15, -0.1) is 0 Å². The van der Waals surface area contributed by atoms with Gasteiger partial charge in [-0.1, -0.05) is 74.0 Å². The van der Waals surface area contributed by atoms with Crippen molar-refractivity contribution >= 4 is 17.9 Å². The lowest BCUT2D eigenvalue weighted by Crippen LogP contribution is -2.77. The van der Waals surface area contributed by atoms with Crippen molar-refractivity contribution in [1.82, 2.24) is 0 Å². The molecule has 48 heavy (non-hydrogen) atoms. The summed E-state index contributed by atoms with van der Waals surface area (Å²) in [5, 5.41) is 35.4. The smallest absolute Gasteiger partial charge is 0.306 e. The van der Waals surface area contributed by atoms with Crippen molar-refractivity contribution in [2.75, 3.05) is 6.61 Å². The minimum atomic E-state index is -1.50. The van der Waals surface area contributed by atoms with Crippen LogP contribution in [0.15, 0.2) is 11.6 Å². The molecule has 0 aromatic heterocycles. The van der Waals surface area contributed by atoms with Crippen LogP contribution in [0, 0.1) is 56.2 Å². The molecular weight excluding hydrogens is 612 g/mol. The number of esters is 3. The van der Waals surface area contributed by atoms with Crippen molar-refractivity contribution in [3.63, 3.8) is 0 Å². The number of hydrogen-bond acceptors (Lipinski definition) is 9. The van der Waals surface area contributed by atoms with Gasteiger partial charge in [0.25, 0.3) is 0 Å². The van der Waals surface area contributed by atoms with Gasteiger partial charge in [0.2, 0.25) is 0 Å². The molecule has 0 heterocycles. The number of aliphatic hydroxyl groups excluding tert-OH is 3. The van der Waals surface area contributed by atoms with Crippen LogP contribution < -0.4 is 0 Å². The van der Waals surface area contributed by atoms with E-state index in [4.69, 9.17) is 14.2 Å². The average molecular weight is 675 g/mol. The molecule has 9 nitrogen and oxygen atoms in total. The Balaban J connectivity index is 1.72. The second-order valence-corrected chi connectivity index (χ2v) is 18.6.